The maximum absolute atomic E-state index is 12.2. The quantitative estimate of drug-likeness (QED) is 0.619. The van der Waals surface area contributed by atoms with Gasteiger partial charge in [0.1, 0.15) is 0 Å². The van der Waals surface area contributed by atoms with E-state index in [1.165, 1.54) is 26.4 Å². The fraction of sp³-hybridized carbons (Fsp3) is 0.300. The summed E-state index contributed by atoms with van der Waals surface area (Å²) in [5, 5.41) is 2.56. The van der Waals surface area contributed by atoms with Crippen molar-refractivity contribution < 1.29 is 32.2 Å². The molecule has 2 rings (SSSR count). The first-order valence-corrected chi connectivity index (χ1v) is 10.4. The number of rotatable bonds is 9. The number of carbonyl (C=O) groups is 2. The van der Waals surface area contributed by atoms with Crippen LogP contribution in [0.5, 0.6) is 11.5 Å². The summed E-state index contributed by atoms with van der Waals surface area (Å²) in [4.78, 5) is 23.9. The van der Waals surface area contributed by atoms with Gasteiger partial charge in [0.05, 0.1) is 31.3 Å². The van der Waals surface area contributed by atoms with E-state index in [9.17, 15) is 18.0 Å². The third-order valence-corrected chi connectivity index (χ3v) is 5.72. The summed E-state index contributed by atoms with van der Waals surface area (Å²) < 4.78 is 39.6. The number of aryl methyl sites for hydroxylation is 1. The van der Waals surface area contributed by atoms with Gasteiger partial charge in [-0.2, -0.15) is 0 Å². The maximum Gasteiger partial charge on any atom is 0.307 e. The molecule has 0 aliphatic heterocycles. The standard InChI is InChI=1S/C20H23NO7S/c1-14-4-7-16(8-5-14)29(24,25)11-10-20(23)28-13-19(22)21-15-6-9-17(26-2)18(12-15)27-3/h4-9,12H,10-11,13H2,1-3H3,(H,21,22). The molecule has 0 fully saturated rings. The Kier molecular flexibility index (Phi) is 7.60. The van der Waals surface area contributed by atoms with Crippen LogP contribution in [-0.4, -0.2) is 46.9 Å². The van der Waals surface area contributed by atoms with Crippen molar-refractivity contribution in [2.45, 2.75) is 18.2 Å². The third-order valence-electron chi connectivity index (χ3n) is 3.99. The van der Waals surface area contributed by atoms with E-state index in [4.69, 9.17) is 14.2 Å². The van der Waals surface area contributed by atoms with E-state index < -0.39 is 34.1 Å². The zero-order valence-electron chi connectivity index (χ0n) is 16.4. The van der Waals surface area contributed by atoms with Gasteiger partial charge >= 0.3 is 5.97 Å². The second kappa shape index (κ2) is 9.92. The number of esters is 1. The Bertz CT molecular complexity index is 969. The van der Waals surface area contributed by atoms with Crippen molar-refractivity contribution >= 4 is 27.4 Å². The number of ether oxygens (including phenoxy) is 3. The molecule has 9 heteroatoms. The van der Waals surface area contributed by atoms with Gasteiger partial charge in [0, 0.05) is 11.8 Å². The molecule has 8 nitrogen and oxygen atoms in total. The van der Waals surface area contributed by atoms with Crippen LogP contribution in [0.15, 0.2) is 47.4 Å². The SMILES string of the molecule is COc1ccc(NC(=O)COC(=O)CCS(=O)(=O)c2ccc(C)cc2)cc1OC. The molecule has 156 valence electrons. The van der Waals surface area contributed by atoms with Crippen LogP contribution in [0.4, 0.5) is 5.69 Å². The van der Waals surface area contributed by atoms with E-state index >= 15 is 0 Å². The lowest BCUT2D eigenvalue weighted by molar-refractivity contribution is -0.146. The Hall–Kier alpha value is -3.07. The molecular weight excluding hydrogens is 398 g/mol. The van der Waals surface area contributed by atoms with E-state index in [-0.39, 0.29) is 11.3 Å². The Morgan fingerprint density at radius 3 is 2.24 bits per heavy atom. The van der Waals surface area contributed by atoms with Crippen molar-refractivity contribution in [2.75, 3.05) is 31.9 Å². The average molecular weight is 421 g/mol. The fourth-order valence-corrected chi connectivity index (χ4v) is 3.63. The molecule has 2 aromatic carbocycles. The molecule has 0 bridgehead atoms. The van der Waals surface area contributed by atoms with Crippen LogP contribution in [0.2, 0.25) is 0 Å². The van der Waals surface area contributed by atoms with Crippen LogP contribution in [0.3, 0.4) is 0 Å². The predicted molar refractivity (Wildman–Crippen MR) is 107 cm³/mol. The second-order valence-electron chi connectivity index (χ2n) is 6.16. The first-order valence-electron chi connectivity index (χ1n) is 8.72. The summed E-state index contributed by atoms with van der Waals surface area (Å²) in [5.74, 6) is -0.794. The van der Waals surface area contributed by atoms with E-state index in [0.717, 1.165) is 5.56 Å². The van der Waals surface area contributed by atoms with E-state index in [2.05, 4.69) is 5.32 Å². The molecule has 0 aliphatic rings. The van der Waals surface area contributed by atoms with Crippen molar-refractivity contribution in [1.82, 2.24) is 0 Å². The van der Waals surface area contributed by atoms with Gasteiger partial charge in [-0.25, -0.2) is 8.42 Å². The Labute approximate surface area is 169 Å². The number of benzene rings is 2. The van der Waals surface area contributed by atoms with Crippen LogP contribution in [-0.2, 0) is 24.2 Å². The van der Waals surface area contributed by atoms with Crippen molar-refractivity contribution in [3.05, 3.63) is 48.0 Å². The number of anilines is 1. The minimum absolute atomic E-state index is 0.141. The van der Waals surface area contributed by atoms with E-state index in [1.54, 1.807) is 30.3 Å². The molecule has 0 spiro atoms. The highest BCUT2D eigenvalue weighted by Crippen LogP contribution is 2.29. The lowest BCUT2D eigenvalue weighted by Gasteiger charge is -2.11. The molecule has 0 saturated carbocycles. The number of hydrogen-bond acceptors (Lipinski definition) is 7. The first-order chi connectivity index (χ1) is 13.7. The van der Waals surface area contributed by atoms with Crippen LogP contribution in [0.1, 0.15) is 12.0 Å². The molecule has 1 N–H and O–H groups in total. The topological polar surface area (TPSA) is 108 Å². The molecule has 2 aromatic rings. The van der Waals surface area contributed by atoms with Crippen molar-refractivity contribution in [3.63, 3.8) is 0 Å². The van der Waals surface area contributed by atoms with Gasteiger partial charge < -0.3 is 19.5 Å². The summed E-state index contributed by atoms with van der Waals surface area (Å²) >= 11 is 0. The van der Waals surface area contributed by atoms with E-state index in [0.29, 0.717) is 17.2 Å². The van der Waals surface area contributed by atoms with Crippen molar-refractivity contribution in [1.29, 1.82) is 0 Å². The molecule has 29 heavy (non-hydrogen) atoms. The summed E-state index contributed by atoms with van der Waals surface area (Å²) in [6.45, 7) is 1.32. The Morgan fingerprint density at radius 1 is 0.966 bits per heavy atom. The van der Waals surface area contributed by atoms with Gasteiger partial charge in [0.15, 0.2) is 27.9 Å². The minimum atomic E-state index is -3.60. The number of sulfone groups is 1. The molecule has 0 heterocycles. The van der Waals surface area contributed by atoms with Crippen LogP contribution >= 0.6 is 0 Å². The number of methoxy groups -OCH3 is 2. The van der Waals surface area contributed by atoms with Gasteiger partial charge in [0.25, 0.3) is 5.91 Å². The third kappa shape index (κ3) is 6.49. The highest BCUT2D eigenvalue weighted by Gasteiger charge is 2.18. The lowest BCUT2D eigenvalue weighted by Crippen LogP contribution is -2.22. The number of hydrogen-bond donors (Lipinski definition) is 1. The molecule has 0 atom stereocenters. The van der Waals surface area contributed by atoms with E-state index in [1.807, 2.05) is 6.92 Å². The van der Waals surface area contributed by atoms with Gasteiger partial charge in [-0.15, -0.1) is 0 Å². The fourth-order valence-electron chi connectivity index (χ4n) is 2.41. The first kappa shape index (κ1) is 22.2. The molecule has 1 amide bonds. The van der Waals surface area contributed by atoms with Crippen LogP contribution < -0.4 is 14.8 Å². The van der Waals surface area contributed by atoms with Gasteiger partial charge in [-0.05, 0) is 31.2 Å². The zero-order valence-corrected chi connectivity index (χ0v) is 17.2. The summed E-state index contributed by atoms with van der Waals surface area (Å²) in [6, 6.07) is 11.1. The van der Waals surface area contributed by atoms with Gasteiger partial charge in [-0.1, -0.05) is 17.7 Å². The lowest BCUT2D eigenvalue weighted by atomic mass is 10.2. The maximum atomic E-state index is 12.2. The van der Waals surface area contributed by atoms with Crippen molar-refractivity contribution in [3.8, 4) is 11.5 Å². The Morgan fingerprint density at radius 2 is 1.62 bits per heavy atom. The van der Waals surface area contributed by atoms with Crippen LogP contribution in [0.25, 0.3) is 0 Å². The molecule has 0 unspecified atom stereocenters. The van der Waals surface area contributed by atoms with Crippen LogP contribution in [0, 0.1) is 6.92 Å². The zero-order chi connectivity index (χ0) is 21.4. The summed E-state index contributed by atoms with van der Waals surface area (Å²) in [5.41, 5.74) is 1.37. The largest absolute Gasteiger partial charge is 0.493 e. The summed E-state index contributed by atoms with van der Waals surface area (Å²) in [7, 11) is -0.638. The normalized spacial score (nSPS) is 10.9. The summed E-state index contributed by atoms with van der Waals surface area (Å²) in [6.07, 6.45) is -0.347. The molecule has 0 saturated heterocycles. The minimum Gasteiger partial charge on any atom is -0.493 e. The highest BCUT2D eigenvalue weighted by atomic mass is 32.2. The molecular formula is C20H23NO7S. The van der Waals surface area contributed by atoms with Gasteiger partial charge in [-0.3, -0.25) is 9.59 Å². The average Bonchev–Trinajstić information content (AvgIpc) is 2.71. The van der Waals surface area contributed by atoms with Crippen molar-refractivity contribution in [2.24, 2.45) is 0 Å². The number of nitrogens with one attached hydrogen (secondary N) is 1. The molecule has 0 radical (unpaired) electrons. The Balaban J connectivity index is 1.83. The monoisotopic (exact) mass is 421 g/mol. The van der Waals surface area contributed by atoms with Gasteiger partial charge in [0.2, 0.25) is 0 Å². The highest BCUT2D eigenvalue weighted by molar-refractivity contribution is 7.91. The second-order valence-corrected chi connectivity index (χ2v) is 8.27. The predicted octanol–water partition coefficient (Wildman–Crippen LogP) is 2.36. The molecule has 0 aromatic heterocycles. The smallest absolute Gasteiger partial charge is 0.307 e. The molecule has 0 aliphatic carbocycles. The number of amides is 1. The number of carbonyl (C=O) groups excluding carboxylic acids is 2.